The molecule has 1 N–H and O–H groups in total. The van der Waals surface area contributed by atoms with Crippen molar-refractivity contribution in [2.45, 2.75) is 44.4 Å². The minimum Gasteiger partial charge on any atom is -0.496 e. The van der Waals surface area contributed by atoms with E-state index in [1.807, 2.05) is 18.2 Å². The zero-order valence-corrected chi connectivity index (χ0v) is 15.6. The molecular weight excluding hydrogens is 362 g/mol. The van der Waals surface area contributed by atoms with Crippen molar-refractivity contribution in [3.63, 3.8) is 0 Å². The molecule has 0 spiro atoms. The van der Waals surface area contributed by atoms with Gasteiger partial charge < -0.3 is 10.1 Å². The van der Waals surface area contributed by atoms with Gasteiger partial charge in [0.25, 0.3) is 0 Å². The van der Waals surface area contributed by atoms with E-state index in [9.17, 15) is 4.79 Å². The lowest BCUT2D eigenvalue weighted by Crippen LogP contribution is -2.41. The van der Waals surface area contributed by atoms with E-state index < -0.39 is 0 Å². The standard InChI is InChI=1S/C17H24BrNO2S/c1-12-5-3-4-6-15(12)19-17(20)11-22-10-13-9-14(18)7-8-16(13)21-2/h7-9,12,15H,3-6,10-11H2,1-2H3,(H,19,20)/t12-,15-/m0/s1. The molecule has 0 saturated heterocycles. The quantitative estimate of drug-likeness (QED) is 0.788. The molecule has 1 aromatic rings. The van der Waals surface area contributed by atoms with Crippen molar-refractivity contribution in [3.05, 3.63) is 28.2 Å². The van der Waals surface area contributed by atoms with Gasteiger partial charge in [-0.05, 0) is 37.0 Å². The number of methoxy groups -OCH3 is 1. The molecule has 0 aliphatic heterocycles. The third-order valence-corrected chi connectivity index (χ3v) is 5.67. The molecule has 0 radical (unpaired) electrons. The number of rotatable bonds is 6. The molecule has 2 rings (SSSR count). The van der Waals surface area contributed by atoms with E-state index in [4.69, 9.17) is 4.74 Å². The minimum atomic E-state index is 0.151. The number of hydrogen-bond donors (Lipinski definition) is 1. The highest BCUT2D eigenvalue weighted by molar-refractivity contribution is 9.10. The second-order valence-electron chi connectivity index (χ2n) is 5.88. The third-order valence-electron chi connectivity index (χ3n) is 4.19. The smallest absolute Gasteiger partial charge is 0.230 e. The molecule has 1 saturated carbocycles. The van der Waals surface area contributed by atoms with Crippen LogP contribution in [0.1, 0.15) is 38.2 Å². The summed E-state index contributed by atoms with van der Waals surface area (Å²) in [6.07, 6.45) is 4.88. The lowest BCUT2D eigenvalue weighted by Gasteiger charge is -2.29. The molecule has 22 heavy (non-hydrogen) atoms. The summed E-state index contributed by atoms with van der Waals surface area (Å²) in [7, 11) is 1.68. The van der Waals surface area contributed by atoms with E-state index in [0.717, 1.165) is 28.0 Å². The molecule has 0 unspecified atom stereocenters. The first-order valence-electron chi connectivity index (χ1n) is 7.79. The summed E-state index contributed by atoms with van der Waals surface area (Å²) in [5.74, 6) is 2.90. The van der Waals surface area contributed by atoms with Crippen LogP contribution in [0.4, 0.5) is 0 Å². The van der Waals surface area contributed by atoms with Crippen LogP contribution in [0, 0.1) is 5.92 Å². The summed E-state index contributed by atoms with van der Waals surface area (Å²) in [6.45, 7) is 2.24. The summed E-state index contributed by atoms with van der Waals surface area (Å²) in [4.78, 5) is 12.1. The molecule has 0 bridgehead atoms. The summed E-state index contributed by atoms with van der Waals surface area (Å²) < 4.78 is 6.39. The van der Waals surface area contributed by atoms with Crippen molar-refractivity contribution in [1.82, 2.24) is 5.32 Å². The first-order chi connectivity index (χ1) is 10.6. The van der Waals surface area contributed by atoms with Crippen LogP contribution >= 0.6 is 27.7 Å². The van der Waals surface area contributed by atoms with Crippen LogP contribution in [0.25, 0.3) is 0 Å². The Labute approximate surface area is 145 Å². The lowest BCUT2D eigenvalue weighted by atomic mass is 9.86. The van der Waals surface area contributed by atoms with Gasteiger partial charge in [0, 0.05) is 21.8 Å². The minimum absolute atomic E-state index is 0.151. The van der Waals surface area contributed by atoms with Crippen molar-refractivity contribution < 1.29 is 9.53 Å². The second kappa shape index (κ2) is 8.82. The van der Waals surface area contributed by atoms with Crippen molar-refractivity contribution in [2.75, 3.05) is 12.9 Å². The van der Waals surface area contributed by atoms with Gasteiger partial charge in [0.2, 0.25) is 5.91 Å². The Bertz CT molecular complexity index is 509. The largest absolute Gasteiger partial charge is 0.496 e. The Morgan fingerprint density at radius 2 is 2.18 bits per heavy atom. The molecule has 122 valence electrons. The summed E-state index contributed by atoms with van der Waals surface area (Å²) in [5.41, 5.74) is 1.11. The van der Waals surface area contributed by atoms with Gasteiger partial charge in [0.1, 0.15) is 5.75 Å². The second-order valence-corrected chi connectivity index (χ2v) is 7.79. The number of thioether (sulfide) groups is 1. The molecular formula is C17H24BrNO2S. The van der Waals surface area contributed by atoms with Crippen LogP contribution in [0.5, 0.6) is 5.75 Å². The number of carbonyl (C=O) groups excluding carboxylic acids is 1. The first-order valence-corrected chi connectivity index (χ1v) is 9.74. The van der Waals surface area contributed by atoms with Crippen LogP contribution < -0.4 is 10.1 Å². The van der Waals surface area contributed by atoms with Crippen LogP contribution in [-0.2, 0) is 10.5 Å². The van der Waals surface area contributed by atoms with E-state index in [1.165, 1.54) is 19.3 Å². The zero-order valence-electron chi connectivity index (χ0n) is 13.2. The highest BCUT2D eigenvalue weighted by Crippen LogP contribution is 2.27. The Balaban J connectivity index is 1.78. The third kappa shape index (κ3) is 5.20. The number of ether oxygens (including phenoxy) is 1. The summed E-state index contributed by atoms with van der Waals surface area (Å²) >= 11 is 5.10. The van der Waals surface area contributed by atoms with E-state index in [2.05, 4.69) is 28.2 Å². The van der Waals surface area contributed by atoms with Gasteiger partial charge in [-0.3, -0.25) is 4.79 Å². The zero-order chi connectivity index (χ0) is 15.9. The molecule has 5 heteroatoms. The number of benzene rings is 1. The Hall–Kier alpha value is -0.680. The van der Waals surface area contributed by atoms with Crippen molar-refractivity contribution >= 4 is 33.6 Å². The van der Waals surface area contributed by atoms with Crippen LogP contribution in [0.15, 0.2) is 22.7 Å². The number of halogens is 1. The monoisotopic (exact) mass is 385 g/mol. The van der Waals surface area contributed by atoms with Gasteiger partial charge in [0.05, 0.1) is 12.9 Å². The van der Waals surface area contributed by atoms with Crippen LogP contribution in [-0.4, -0.2) is 24.8 Å². The fraction of sp³-hybridized carbons (Fsp3) is 0.588. The van der Waals surface area contributed by atoms with Gasteiger partial charge in [-0.15, -0.1) is 11.8 Å². The molecule has 1 fully saturated rings. The highest BCUT2D eigenvalue weighted by Gasteiger charge is 2.22. The molecule has 2 atom stereocenters. The molecule has 0 heterocycles. The predicted molar refractivity (Wildman–Crippen MR) is 96.4 cm³/mol. The maximum absolute atomic E-state index is 12.1. The average Bonchev–Trinajstić information content (AvgIpc) is 2.50. The summed E-state index contributed by atoms with van der Waals surface area (Å²) in [5, 5.41) is 3.19. The maximum atomic E-state index is 12.1. The topological polar surface area (TPSA) is 38.3 Å². The average molecular weight is 386 g/mol. The van der Waals surface area contributed by atoms with Crippen LogP contribution in [0.2, 0.25) is 0 Å². The van der Waals surface area contributed by atoms with Gasteiger partial charge in [0.15, 0.2) is 0 Å². The number of carbonyl (C=O) groups is 1. The normalized spacial score (nSPS) is 21.4. The Morgan fingerprint density at radius 1 is 1.41 bits per heavy atom. The molecule has 0 aromatic heterocycles. The molecule has 1 amide bonds. The van der Waals surface area contributed by atoms with E-state index in [-0.39, 0.29) is 5.91 Å². The van der Waals surface area contributed by atoms with E-state index >= 15 is 0 Å². The van der Waals surface area contributed by atoms with E-state index in [0.29, 0.717) is 17.7 Å². The maximum Gasteiger partial charge on any atom is 0.230 e. The van der Waals surface area contributed by atoms with E-state index in [1.54, 1.807) is 18.9 Å². The number of amides is 1. The fourth-order valence-electron chi connectivity index (χ4n) is 2.89. The molecule has 1 aliphatic rings. The van der Waals surface area contributed by atoms with Crippen molar-refractivity contribution in [3.8, 4) is 5.75 Å². The number of nitrogens with one attached hydrogen (secondary N) is 1. The van der Waals surface area contributed by atoms with Crippen molar-refractivity contribution in [1.29, 1.82) is 0 Å². The molecule has 1 aliphatic carbocycles. The summed E-state index contributed by atoms with van der Waals surface area (Å²) in [6, 6.07) is 6.32. The highest BCUT2D eigenvalue weighted by atomic mass is 79.9. The molecule has 3 nitrogen and oxygen atoms in total. The van der Waals surface area contributed by atoms with Gasteiger partial charge in [-0.1, -0.05) is 35.7 Å². The van der Waals surface area contributed by atoms with Gasteiger partial charge >= 0.3 is 0 Å². The van der Waals surface area contributed by atoms with Gasteiger partial charge in [-0.25, -0.2) is 0 Å². The predicted octanol–water partition coefficient (Wildman–Crippen LogP) is 4.39. The Morgan fingerprint density at radius 3 is 2.91 bits per heavy atom. The van der Waals surface area contributed by atoms with Crippen molar-refractivity contribution in [2.24, 2.45) is 5.92 Å². The fourth-order valence-corrected chi connectivity index (χ4v) is 4.12. The molecule has 1 aromatic carbocycles. The SMILES string of the molecule is COc1ccc(Br)cc1CSCC(=O)N[C@H]1CCCC[C@@H]1C. The number of hydrogen-bond acceptors (Lipinski definition) is 3. The first kappa shape index (κ1) is 17.7. The Kier molecular flexibility index (Phi) is 7.09. The van der Waals surface area contributed by atoms with Crippen LogP contribution in [0.3, 0.4) is 0 Å². The lowest BCUT2D eigenvalue weighted by molar-refractivity contribution is -0.119. The van der Waals surface area contributed by atoms with Gasteiger partial charge in [-0.2, -0.15) is 0 Å².